The third kappa shape index (κ3) is 3.20. The molecule has 0 aliphatic carbocycles. The number of halogens is 2. The molecular weight excluding hydrogens is 313 g/mol. The molecule has 104 valence electrons. The smallest absolute Gasteiger partial charge is 0.221 e. The Hall–Kier alpha value is -0.820. The topological polar surface area (TPSA) is 76.0 Å². The summed E-state index contributed by atoms with van der Waals surface area (Å²) in [6, 6.07) is 6.00. The van der Waals surface area contributed by atoms with Gasteiger partial charge in [0.25, 0.3) is 0 Å². The lowest BCUT2D eigenvalue weighted by Gasteiger charge is -2.14. The van der Waals surface area contributed by atoms with Gasteiger partial charge in [-0.25, -0.2) is 13.4 Å². The Morgan fingerprint density at radius 1 is 1.32 bits per heavy atom. The van der Waals surface area contributed by atoms with Gasteiger partial charge in [-0.1, -0.05) is 35.3 Å². The van der Waals surface area contributed by atoms with Gasteiger partial charge in [0, 0.05) is 6.26 Å². The Morgan fingerprint density at radius 3 is 2.32 bits per heavy atom. The maximum atomic E-state index is 11.3. The Bertz CT molecular complexity index is 598. The number of aliphatic hydroxyl groups excluding tert-OH is 1. The molecule has 0 saturated heterocycles. The Balaban J connectivity index is 2.21. The van der Waals surface area contributed by atoms with Gasteiger partial charge in [0.2, 0.25) is 5.90 Å². The van der Waals surface area contributed by atoms with Crippen LogP contribution in [-0.2, 0) is 14.6 Å². The third-order valence-electron chi connectivity index (χ3n) is 2.60. The zero-order chi connectivity index (χ0) is 14.2. The van der Waals surface area contributed by atoms with Gasteiger partial charge >= 0.3 is 0 Å². The van der Waals surface area contributed by atoms with Gasteiger partial charge in [-0.3, -0.25) is 0 Å². The average molecular weight is 324 g/mol. The molecule has 1 aliphatic rings. The van der Waals surface area contributed by atoms with E-state index < -0.39 is 27.0 Å². The number of rotatable bonds is 3. The van der Waals surface area contributed by atoms with E-state index in [1.165, 1.54) is 12.1 Å². The van der Waals surface area contributed by atoms with Crippen LogP contribution in [0.15, 0.2) is 34.2 Å². The van der Waals surface area contributed by atoms with Crippen molar-refractivity contribution in [2.75, 3.05) is 6.26 Å². The maximum Gasteiger partial charge on any atom is 0.221 e. The van der Waals surface area contributed by atoms with Gasteiger partial charge in [0.1, 0.15) is 0 Å². The molecule has 1 aromatic carbocycles. The van der Waals surface area contributed by atoms with Crippen molar-refractivity contribution in [3.63, 3.8) is 0 Å². The second-order valence-corrected chi connectivity index (χ2v) is 7.17. The molecule has 8 heteroatoms. The minimum atomic E-state index is -3.26. The van der Waals surface area contributed by atoms with Crippen LogP contribution in [0.4, 0.5) is 0 Å². The molecule has 1 heterocycles. The largest absolute Gasteiger partial charge is 0.466 e. The van der Waals surface area contributed by atoms with Crippen molar-refractivity contribution >= 4 is 38.9 Å². The predicted molar refractivity (Wildman–Crippen MR) is 72.3 cm³/mol. The SMILES string of the molecule is CS(=O)(=O)c1ccc(C2OC(C(Cl)Cl)=NC2O)cc1. The summed E-state index contributed by atoms with van der Waals surface area (Å²) < 4.78 is 28.0. The van der Waals surface area contributed by atoms with E-state index in [0.29, 0.717) is 5.56 Å². The highest BCUT2D eigenvalue weighted by molar-refractivity contribution is 7.90. The van der Waals surface area contributed by atoms with Gasteiger partial charge in [-0.2, -0.15) is 0 Å². The summed E-state index contributed by atoms with van der Waals surface area (Å²) in [6.45, 7) is 0. The molecule has 0 saturated carbocycles. The summed E-state index contributed by atoms with van der Waals surface area (Å²) in [5.74, 6) is 0.0491. The summed E-state index contributed by atoms with van der Waals surface area (Å²) in [7, 11) is -3.26. The predicted octanol–water partition coefficient (Wildman–Crippen LogP) is 1.68. The molecule has 1 aliphatic heterocycles. The molecule has 2 atom stereocenters. The number of sulfone groups is 1. The standard InChI is InChI=1S/C11H11Cl2NO4S/c1-19(16,17)7-4-2-6(3-5-7)8-10(15)14-11(18-8)9(12)13/h2-5,8-10,15H,1H3. The van der Waals surface area contributed by atoms with Crippen molar-refractivity contribution in [1.29, 1.82) is 0 Å². The Labute approximate surface area is 120 Å². The number of hydrogen-bond donors (Lipinski definition) is 1. The zero-order valence-electron chi connectivity index (χ0n) is 9.82. The number of benzene rings is 1. The monoisotopic (exact) mass is 323 g/mol. The van der Waals surface area contributed by atoms with Crippen molar-refractivity contribution in [3.8, 4) is 0 Å². The van der Waals surface area contributed by atoms with Crippen LogP contribution >= 0.6 is 23.2 Å². The van der Waals surface area contributed by atoms with Crippen LogP contribution in [0.1, 0.15) is 11.7 Å². The number of ether oxygens (including phenoxy) is 1. The fraction of sp³-hybridized carbons (Fsp3) is 0.364. The molecule has 2 rings (SSSR count). The van der Waals surface area contributed by atoms with Crippen molar-refractivity contribution in [3.05, 3.63) is 29.8 Å². The highest BCUT2D eigenvalue weighted by atomic mass is 35.5. The van der Waals surface area contributed by atoms with Crippen molar-refractivity contribution in [2.45, 2.75) is 22.1 Å². The first kappa shape index (κ1) is 14.6. The number of nitrogens with zero attached hydrogens (tertiary/aromatic N) is 1. The van der Waals surface area contributed by atoms with Crippen LogP contribution in [-0.4, -0.2) is 36.7 Å². The van der Waals surface area contributed by atoms with Gasteiger partial charge < -0.3 is 9.84 Å². The van der Waals surface area contributed by atoms with E-state index >= 15 is 0 Å². The second-order valence-electron chi connectivity index (χ2n) is 4.06. The Kier molecular flexibility index (Phi) is 4.06. The minimum absolute atomic E-state index is 0.0491. The van der Waals surface area contributed by atoms with E-state index in [4.69, 9.17) is 27.9 Å². The van der Waals surface area contributed by atoms with Crippen LogP contribution in [0.3, 0.4) is 0 Å². The lowest BCUT2D eigenvalue weighted by atomic mass is 10.1. The molecule has 0 radical (unpaired) electrons. The third-order valence-corrected chi connectivity index (χ3v) is 4.10. The normalized spacial score (nSPS) is 23.3. The number of alkyl halides is 2. The van der Waals surface area contributed by atoms with Crippen LogP contribution in [0, 0.1) is 0 Å². The minimum Gasteiger partial charge on any atom is -0.466 e. The molecule has 19 heavy (non-hydrogen) atoms. The molecular formula is C11H11Cl2NO4S. The van der Waals surface area contributed by atoms with E-state index in [1.807, 2.05) is 0 Å². The van der Waals surface area contributed by atoms with Crippen LogP contribution in [0.25, 0.3) is 0 Å². The summed E-state index contributed by atoms with van der Waals surface area (Å²) in [4.78, 5) is 3.03. The molecule has 5 nitrogen and oxygen atoms in total. The molecule has 1 aromatic rings. The van der Waals surface area contributed by atoms with Crippen LogP contribution in [0.2, 0.25) is 0 Å². The lowest BCUT2D eigenvalue weighted by molar-refractivity contribution is 0.0636. The molecule has 0 spiro atoms. The zero-order valence-corrected chi connectivity index (χ0v) is 12.2. The highest BCUT2D eigenvalue weighted by Crippen LogP contribution is 2.30. The van der Waals surface area contributed by atoms with E-state index in [-0.39, 0.29) is 10.8 Å². The summed E-state index contributed by atoms with van der Waals surface area (Å²) >= 11 is 11.2. The molecule has 0 amide bonds. The quantitative estimate of drug-likeness (QED) is 0.859. The first-order valence-electron chi connectivity index (χ1n) is 5.29. The molecule has 0 fully saturated rings. The summed E-state index contributed by atoms with van der Waals surface area (Å²) in [5.41, 5.74) is 0.590. The van der Waals surface area contributed by atoms with Gasteiger partial charge in [0.15, 0.2) is 27.0 Å². The second kappa shape index (κ2) is 5.28. The van der Waals surface area contributed by atoms with E-state index in [1.54, 1.807) is 12.1 Å². The van der Waals surface area contributed by atoms with Crippen LogP contribution < -0.4 is 0 Å². The van der Waals surface area contributed by atoms with E-state index in [9.17, 15) is 13.5 Å². The lowest BCUT2D eigenvalue weighted by Crippen LogP contribution is -2.14. The Morgan fingerprint density at radius 2 is 1.89 bits per heavy atom. The van der Waals surface area contributed by atoms with Gasteiger partial charge in [-0.15, -0.1) is 0 Å². The van der Waals surface area contributed by atoms with Crippen molar-refractivity contribution in [2.24, 2.45) is 4.99 Å². The fourth-order valence-corrected chi connectivity index (χ4v) is 2.52. The summed E-state index contributed by atoms with van der Waals surface area (Å²) in [5, 5.41) is 9.74. The van der Waals surface area contributed by atoms with Gasteiger partial charge in [-0.05, 0) is 17.7 Å². The first-order chi connectivity index (χ1) is 8.79. The molecule has 0 bridgehead atoms. The fourth-order valence-electron chi connectivity index (χ4n) is 1.67. The van der Waals surface area contributed by atoms with E-state index in [2.05, 4.69) is 4.99 Å². The number of aliphatic hydroxyl groups is 1. The van der Waals surface area contributed by atoms with Crippen molar-refractivity contribution < 1.29 is 18.3 Å². The van der Waals surface area contributed by atoms with Crippen LogP contribution in [0.5, 0.6) is 0 Å². The van der Waals surface area contributed by atoms with Gasteiger partial charge in [0.05, 0.1) is 4.90 Å². The number of aliphatic imine (C=N–C) groups is 1. The highest BCUT2D eigenvalue weighted by Gasteiger charge is 2.33. The van der Waals surface area contributed by atoms with Crippen molar-refractivity contribution in [1.82, 2.24) is 0 Å². The molecule has 1 N–H and O–H groups in total. The first-order valence-corrected chi connectivity index (χ1v) is 8.06. The summed E-state index contributed by atoms with van der Waals surface area (Å²) in [6.07, 6.45) is -0.724. The number of hydrogen-bond acceptors (Lipinski definition) is 5. The average Bonchev–Trinajstić information content (AvgIpc) is 2.70. The maximum absolute atomic E-state index is 11.3. The molecule has 2 unspecified atom stereocenters. The molecule has 0 aromatic heterocycles. The van der Waals surface area contributed by atoms with E-state index in [0.717, 1.165) is 6.26 Å².